The Balaban J connectivity index is 0.000000137. The molecule has 17 aromatic rings. The van der Waals surface area contributed by atoms with Gasteiger partial charge in [-0.3, -0.25) is 39.4 Å². The van der Waals surface area contributed by atoms with Crippen LogP contribution in [0.25, 0.3) is 22.7 Å². The van der Waals surface area contributed by atoms with Crippen molar-refractivity contribution in [3.8, 4) is 82.0 Å². The summed E-state index contributed by atoms with van der Waals surface area (Å²) >= 11 is 1.36. The Bertz CT molecular complexity index is 7830. The summed E-state index contributed by atoms with van der Waals surface area (Å²) in [5.74, 6) is 30.8. The van der Waals surface area contributed by atoms with Crippen molar-refractivity contribution in [2.75, 3.05) is 31.5 Å². The van der Waals surface area contributed by atoms with Crippen molar-refractivity contribution in [2.24, 2.45) is 4.99 Å². The van der Waals surface area contributed by atoms with Gasteiger partial charge in [0.1, 0.15) is 16.4 Å². The molecule has 6 N–H and O–H groups in total. The van der Waals surface area contributed by atoms with E-state index in [0.717, 1.165) is 146 Å². The molecule has 0 radical (unpaired) electrons. The van der Waals surface area contributed by atoms with Gasteiger partial charge in [0.05, 0.1) is 63.2 Å². The maximum atomic E-state index is 12.8. The Labute approximate surface area is 851 Å². The number of hydrogen-bond acceptors (Lipinski definition) is 17. The number of hydrogen-bond donors (Lipinski definition) is 6. The minimum absolute atomic E-state index is 0.0709. The highest BCUT2D eigenvalue weighted by Crippen LogP contribution is 2.26. The van der Waals surface area contributed by atoms with Crippen LogP contribution >= 0.6 is 11.3 Å². The number of H-pyrrole nitrogens is 1. The van der Waals surface area contributed by atoms with Gasteiger partial charge in [-0.2, -0.15) is 25.5 Å². The van der Waals surface area contributed by atoms with E-state index in [1.54, 1.807) is 94.1 Å². The highest BCUT2D eigenvalue weighted by molar-refractivity contribution is 7.15. The highest BCUT2D eigenvalue weighted by atomic mass is 32.1. The molecule has 722 valence electrons. The number of aromatic amines is 1. The third-order valence-electron chi connectivity index (χ3n) is 22.9. The van der Waals surface area contributed by atoms with Gasteiger partial charge in [-0.05, 0) is 265 Å². The van der Waals surface area contributed by atoms with Crippen molar-refractivity contribution in [1.82, 2.24) is 100 Å². The zero-order valence-corrected chi connectivity index (χ0v) is 82.2. The third kappa shape index (κ3) is 29.8. The van der Waals surface area contributed by atoms with Gasteiger partial charge in [0.25, 0.3) is 29.5 Å². The summed E-state index contributed by atoms with van der Waals surface area (Å²) in [5, 5.41) is 48.3. The second-order valence-corrected chi connectivity index (χ2v) is 34.4. The Morgan fingerprint density at radius 2 is 0.973 bits per heavy atom. The highest BCUT2D eigenvalue weighted by Gasteiger charge is 2.20. The summed E-state index contributed by atoms with van der Waals surface area (Å²) in [7, 11) is 0. The van der Waals surface area contributed by atoms with E-state index in [0.29, 0.717) is 81.6 Å². The number of carbonyl (C=O) groups excluding carboxylic acids is 5. The van der Waals surface area contributed by atoms with Crippen LogP contribution in [-0.2, 0) is 19.4 Å². The van der Waals surface area contributed by atoms with Gasteiger partial charge in [-0.25, -0.2) is 33.7 Å². The average molecular weight is 1940 g/mol. The van der Waals surface area contributed by atoms with E-state index in [4.69, 9.17) is 5.10 Å². The molecule has 10 heterocycles. The number of pyridine rings is 2. The quantitative estimate of drug-likeness (QED) is 0.0242. The standard InChI is InChI=1S/C27H26N4O.C25H23N5O.C23H18N4O.C22H21N3O.C21H16N6OS/c1-19-20(2)30-31(21(19)3)26-14-13-24(27(32)29-17-15-25-10-7-16-28-25)18-23(26)12-11-22-8-5-4-6-9-22;1-19-5-7-20(8-6-19)9-10-22-16-23(11-12-24(22)30-15-3-14-29-30)25(31)26-13-2-4-21-17-27-28-18-21;28-23(25-17-18-6-1-2-7-18)20-10-12-22(27-15-5-14-26-27)19(16-20)9-11-21-8-3-4-13-24-21;1-18-8-10-21(16-20(18)11-9-19-6-3-2-4-7-19)22(26)24-12-5-14-25-15-13-23-17-25;1-2-19-25-26-21(29-19)24-20(28)16-8-10-18(27-13-5-12-23-27)15(14-16)7-9-17-6-3-4-11-22-17/h4-6,8-10,13-14,16,18H,7,15,17H2,1-3H3,(H,29,32);3,5-8,11-12,14-18H,2,4,13H2,1H3,(H,26,31)(H,27,28);1-6,8,10,12-16H,7,17H2,(H,25,28);2-4,6-8,10,13,15-17H,5,12,14H2,1H3,(H,24,26);3-6,8,10-14H,2H2,1H3,(H,24,26,28). The van der Waals surface area contributed by atoms with Gasteiger partial charge in [-0.15, -0.1) is 10.2 Å². The number of rotatable bonds is 24. The Kier molecular flexibility index (Phi) is 36.3. The molecule has 19 rings (SSSR count). The van der Waals surface area contributed by atoms with Crippen LogP contribution in [0.2, 0.25) is 0 Å². The van der Waals surface area contributed by atoms with Crippen LogP contribution < -0.4 is 26.6 Å². The molecule has 9 aromatic heterocycles. The number of carbonyl (C=O) groups is 5. The Morgan fingerprint density at radius 3 is 1.45 bits per heavy atom. The van der Waals surface area contributed by atoms with E-state index in [1.807, 2.05) is 293 Å². The molecule has 0 atom stereocenters. The van der Waals surface area contributed by atoms with Crippen molar-refractivity contribution in [2.45, 2.75) is 93.0 Å². The van der Waals surface area contributed by atoms with Crippen LogP contribution in [0.5, 0.6) is 0 Å². The number of allylic oxidation sites excluding steroid dienone is 4. The van der Waals surface area contributed by atoms with E-state index in [9.17, 15) is 24.0 Å². The number of anilines is 1. The van der Waals surface area contributed by atoms with Gasteiger partial charge in [0, 0.05) is 181 Å². The normalized spacial score (nSPS) is 11.1. The molecule has 5 amide bonds. The maximum absolute atomic E-state index is 12.8. The first-order valence-electron chi connectivity index (χ1n) is 47.5. The van der Waals surface area contributed by atoms with Crippen molar-refractivity contribution in [3.05, 3.63) is 469 Å². The second kappa shape index (κ2) is 52.3. The number of nitrogens with zero attached hydrogens (tertiary/aromatic N) is 16. The fraction of sp³-hybridized carbons (Fsp3) is 0.153. The zero-order chi connectivity index (χ0) is 101. The fourth-order valence-electron chi connectivity index (χ4n) is 14.7. The molecule has 1 aliphatic carbocycles. The fourth-order valence-corrected chi connectivity index (χ4v) is 15.4. The first kappa shape index (κ1) is 101. The van der Waals surface area contributed by atoms with E-state index in [1.165, 1.54) is 22.5 Å². The SMILES string of the molecule is CCc1nnc(NC(=O)c2ccc(-n3cccn3)c(C#Cc3ccccn3)c2)s1.Cc1ccc(C#Cc2cc(C(=O)NCCCc3cn[nH]c3)ccc2-n2cccn2)cc1.Cc1ccc(C(=O)NCCCn2ccnc2)cc1C#Cc1ccccc1.Cc1nn(-c2ccc(C(=O)NCCC3=CCC=N3)cc2C#Cc2ccccc2)c(C)c1C.O=C(NCC1=CC=CC1)c1ccc(-n2cccn2)c(C#Cc2ccccn2)c1. The van der Waals surface area contributed by atoms with Gasteiger partial charge in [0.15, 0.2) is 0 Å². The van der Waals surface area contributed by atoms with Gasteiger partial charge < -0.3 is 25.8 Å². The monoisotopic (exact) mass is 1940 g/mol. The molecular formula is C118H104N22O5S. The lowest BCUT2D eigenvalue weighted by atomic mass is 10.0. The van der Waals surface area contributed by atoms with Crippen molar-refractivity contribution in [3.63, 3.8) is 0 Å². The van der Waals surface area contributed by atoms with E-state index < -0.39 is 0 Å². The summed E-state index contributed by atoms with van der Waals surface area (Å²) < 4.78 is 9.11. The molecule has 0 unspecified atom stereocenters. The largest absolute Gasteiger partial charge is 0.352 e. The van der Waals surface area contributed by atoms with Crippen LogP contribution in [0.4, 0.5) is 5.13 Å². The van der Waals surface area contributed by atoms with E-state index in [-0.39, 0.29) is 29.5 Å². The summed E-state index contributed by atoms with van der Waals surface area (Å²) in [5.41, 5.74) is 22.8. The summed E-state index contributed by atoms with van der Waals surface area (Å²) in [6.07, 6.45) is 39.1. The number of imidazole rings is 1. The number of benzene rings is 8. The Morgan fingerprint density at radius 1 is 0.466 bits per heavy atom. The molecule has 0 spiro atoms. The minimum Gasteiger partial charge on any atom is -0.352 e. The minimum atomic E-state index is -0.267. The number of aryl methyl sites for hydroxylation is 6. The first-order chi connectivity index (χ1) is 71.4. The number of aliphatic imine (C=N–C) groups is 1. The number of nitrogens with one attached hydrogen (secondary N) is 6. The Hall–Kier alpha value is -19.1. The molecule has 0 fully saturated rings. The van der Waals surface area contributed by atoms with Gasteiger partial charge in [-0.1, -0.05) is 162 Å². The predicted octanol–water partition coefficient (Wildman–Crippen LogP) is 18.4. The van der Waals surface area contributed by atoms with Crippen LogP contribution in [-0.4, -0.2) is 141 Å². The van der Waals surface area contributed by atoms with Gasteiger partial charge >= 0.3 is 0 Å². The molecule has 146 heavy (non-hydrogen) atoms. The molecule has 8 aromatic carbocycles. The lowest BCUT2D eigenvalue weighted by Gasteiger charge is -2.11. The molecule has 28 heteroatoms. The lowest BCUT2D eigenvalue weighted by Crippen LogP contribution is -2.25. The van der Waals surface area contributed by atoms with Crippen LogP contribution in [0.3, 0.4) is 0 Å². The predicted molar refractivity (Wildman–Crippen MR) is 570 cm³/mol. The number of amides is 5. The molecule has 0 saturated heterocycles. The van der Waals surface area contributed by atoms with Crippen LogP contribution in [0, 0.1) is 93.8 Å². The van der Waals surface area contributed by atoms with Crippen LogP contribution in [0.1, 0.15) is 185 Å². The molecule has 27 nitrogen and oxygen atoms in total. The smallest absolute Gasteiger partial charge is 0.257 e. The maximum Gasteiger partial charge on any atom is 0.257 e. The molecule has 0 bridgehead atoms. The molecule has 0 saturated carbocycles. The average Bonchev–Trinajstić information content (AvgIpc) is 1.66. The zero-order valence-electron chi connectivity index (χ0n) is 81.4. The van der Waals surface area contributed by atoms with Gasteiger partial charge in [0.2, 0.25) is 5.13 Å². The molecule has 2 aliphatic rings. The third-order valence-corrected chi connectivity index (χ3v) is 23.9. The summed E-state index contributed by atoms with van der Waals surface area (Å²) in [4.78, 5) is 79.8. The van der Waals surface area contributed by atoms with Crippen molar-refractivity contribution in [1.29, 1.82) is 0 Å². The van der Waals surface area contributed by atoms with E-state index in [2.05, 4.69) is 160 Å². The van der Waals surface area contributed by atoms with E-state index >= 15 is 0 Å². The first-order valence-corrected chi connectivity index (χ1v) is 48.3. The van der Waals surface area contributed by atoms with Crippen molar-refractivity contribution >= 4 is 52.2 Å². The topological polar surface area (TPSA) is 327 Å². The molecular weight excluding hydrogens is 1840 g/mol. The van der Waals surface area contributed by atoms with Crippen LogP contribution in [0.15, 0.2) is 352 Å². The summed E-state index contributed by atoms with van der Waals surface area (Å²) in [6.45, 7) is 15.3. The summed E-state index contributed by atoms with van der Waals surface area (Å²) in [6, 6.07) is 71.9. The number of aromatic nitrogens is 16. The lowest BCUT2D eigenvalue weighted by molar-refractivity contribution is 0.0944. The second-order valence-electron chi connectivity index (χ2n) is 33.4. The molecule has 1 aliphatic heterocycles. The van der Waals surface area contributed by atoms with Crippen molar-refractivity contribution < 1.29 is 24.0 Å².